The van der Waals surface area contributed by atoms with Gasteiger partial charge in [0.25, 0.3) is 0 Å². The Morgan fingerprint density at radius 2 is 1.77 bits per heavy atom. The number of thioether (sulfide) groups is 1. The van der Waals surface area contributed by atoms with Crippen LogP contribution >= 0.6 is 23.4 Å². The van der Waals surface area contributed by atoms with Crippen molar-refractivity contribution in [3.63, 3.8) is 0 Å². The van der Waals surface area contributed by atoms with Crippen LogP contribution in [-0.2, 0) is 11.3 Å². The smallest absolute Gasteiger partial charge is 0.230 e. The maximum Gasteiger partial charge on any atom is 0.230 e. The van der Waals surface area contributed by atoms with Crippen molar-refractivity contribution in [2.75, 3.05) is 18.8 Å². The van der Waals surface area contributed by atoms with Crippen molar-refractivity contribution in [1.29, 1.82) is 0 Å². The van der Waals surface area contributed by atoms with E-state index in [1.807, 2.05) is 12.1 Å². The highest BCUT2D eigenvalue weighted by molar-refractivity contribution is 8.00. The van der Waals surface area contributed by atoms with E-state index in [-0.39, 0.29) is 17.8 Å². The van der Waals surface area contributed by atoms with Crippen molar-refractivity contribution in [3.8, 4) is 0 Å². The van der Waals surface area contributed by atoms with E-state index in [0.717, 1.165) is 42.4 Å². The zero-order chi connectivity index (χ0) is 18.4. The van der Waals surface area contributed by atoms with Crippen molar-refractivity contribution in [2.45, 2.75) is 30.3 Å². The van der Waals surface area contributed by atoms with Crippen LogP contribution in [-0.4, -0.2) is 35.7 Å². The molecule has 1 saturated heterocycles. The van der Waals surface area contributed by atoms with Crippen LogP contribution in [0.1, 0.15) is 18.4 Å². The van der Waals surface area contributed by atoms with E-state index in [0.29, 0.717) is 5.75 Å². The molecule has 0 atom stereocenters. The summed E-state index contributed by atoms with van der Waals surface area (Å²) in [7, 11) is 0. The van der Waals surface area contributed by atoms with E-state index < -0.39 is 0 Å². The molecule has 1 aliphatic rings. The van der Waals surface area contributed by atoms with E-state index in [1.54, 1.807) is 12.1 Å². The topological polar surface area (TPSA) is 32.3 Å². The Bertz CT molecular complexity index is 716. The summed E-state index contributed by atoms with van der Waals surface area (Å²) in [6.45, 7) is 2.86. The average Bonchev–Trinajstić information content (AvgIpc) is 2.65. The molecule has 26 heavy (non-hydrogen) atoms. The number of likely N-dealkylation sites (tertiary alicyclic amines) is 1. The number of halogens is 2. The third kappa shape index (κ3) is 6.01. The van der Waals surface area contributed by atoms with Crippen LogP contribution in [0.2, 0.25) is 5.02 Å². The number of amides is 1. The van der Waals surface area contributed by atoms with Crippen LogP contribution in [0.5, 0.6) is 0 Å². The second-order valence-corrected chi connectivity index (χ2v) is 7.97. The molecule has 0 radical (unpaired) electrons. The van der Waals surface area contributed by atoms with Gasteiger partial charge in [-0.05, 0) is 54.8 Å². The first-order valence-corrected chi connectivity index (χ1v) is 10.1. The Morgan fingerprint density at radius 3 is 2.42 bits per heavy atom. The first-order chi connectivity index (χ1) is 12.6. The van der Waals surface area contributed by atoms with Gasteiger partial charge in [0.05, 0.1) is 5.75 Å². The second kappa shape index (κ2) is 9.40. The number of hydrogen-bond acceptors (Lipinski definition) is 3. The zero-order valence-corrected chi connectivity index (χ0v) is 16.0. The summed E-state index contributed by atoms with van der Waals surface area (Å²) >= 11 is 7.35. The van der Waals surface area contributed by atoms with E-state index in [9.17, 15) is 9.18 Å². The number of carbonyl (C=O) groups is 1. The van der Waals surface area contributed by atoms with Crippen molar-refractivity contribution in [1.82, 2.24) is 10.2 Å². The maximum absolute atomic E-state index is 12.9. The monoisotopic (exact) mass is 392 g/mol. The van der Waals surface area contributed by atoms with E-state index in [4.69, 9.17) is 11.6 Å². The summed E-state index contributed by atoms with van der Waals surface area (Å²) in [5, 5.41) is 3.87. The molecule has 6 heteroatoms. The minimum atomic E-state index is -0.260. The van der Waals surface area contributed by atoms with Gasteiger partial charge >= 0.3 is 0 Å². The maximum atomic E-state index is 12.9. The van der Waals surface area contributed by atoms with Gasteiger partial charge in [-0.25, -0.2) is 4.39 Å². The van der Waals surface area contributed by atoms with Gasteiger partial charge < -0.3 is 5.32 Å². The molecule has 3 nitrogen and oxygen atoms in total. The van der Waals surface area contributed by atoms with Crippen molar-refractivity contribution in [2.24, 2.45) is 0 Å². The number of hydrogen-bond donors (Lipinski definition) is 1. The minimum absolute atomic E-state index is 0.0375. The third-order valence-electron chi connectivity index (χ3n) is 4.46. The van der Waals surface area contributed by atoms with Crippen molar-refractivity contribution >= 4 is 29.3 Å². The van der Waals surface area contributed by atoms with E-state index >= 15 is 0 Å². The van der Waals surface area contributed by atoms with Crippen LogP contribution in [0.4, 0.5) is 4.39 Å². The lowest BCUT2D eigenvalue weighted by atomic mass is 10.0. The Kier molecular flexibility index (Phi) is 6.94. The Balaban J connectivity index is 1.37. The number of piperidine rings is 1. The predicted molar refractivity (Wildman–Crippen MR) is 105 cm³/mol. The fourth-order valence-corrected chi connectivity index (χ4v) is 3.87. The average molecular weight is 393 g/mol. The van der Waals surface area contributed by atoms with Crippen molar-refractivity contribution < 1.29 is 9.18 Å². The van der Waals surface area contributed by atoms with Crippen LogP contribution in [0.15, 0.2) is 53.4 Å². The molecule has 0 bridgehead atoms. The minimum Gasteiger partial charge on any atom is -0.353 e. The highest BCUT2D eigenvalue weighted by atomic mass is 35.5. The molecule has 138 valence electrons. The summed E-state index contributed by atoms with van der Waals surface area (Å²) in [5.41, 5.74) is 1.26. The lowest BCUT2D eigenvalue weighted by Crippen LogP contribution is -2.44. The molecule has 0 aliphatic carbocycles. The second-order valence-electron chi connectivity index (χ2n) is 6.49. The van der Waals surface area contributed by atoms with Gasteiger partial charge in [-0.2, -0.15) is 0 Å². The number of rotatable bonds is 6. The number of benzene rings is 2. The molecule has 0 unspecified atom stereocenters. The van der Waals surface area contributed by atoms with Crippen molar-refractivity contribution in [3.05, 3.63) is 64.9 Å². The third-order valence-corrected chi connectivity index (χ3v) is 5.72. The van der Waals surface area contributed by atoms with Gasteiger partial charge in [-0.1, -0.05) is 23.7 Å². The molecule has 3 rings (SSSR count). The standard InChI is InChI=1S/C20H22ClFN2OS/c21-16-3-1-15(2-4-16)13-24-11-9-18(10-12-24)23-20(25)14-26-19-7-5-17(22)6-8-19/h1-8,18H,9-14H2,(H,23,25). The summed E-state index contributed by atoms with van der Waals surface area (Å²) in [4.78, 5) is 15.4. The largest absolute Gasteiger partial charge is 0.353 e. The van der Waals surface area contributed by atoms with E-state index in [2.05, 4.69) is 22.3 Å². The Labute approximate surface area is 162 Å². The van der Waals surface area contributed by atoms with Crippen LogP contribution in [0.3, 0.4) is 0 Å². The normalized spacial score (nSPS) is 15.8. The number of nitrogens with zero attached hydrogens (tertiary/aromatic N) is 1. The fraction of sp³-hybridized carbons (Fsp3) is 0.350. The molecular weight excluding hydrogens is 371 g/mol. The van der Waals surface area contributed by atoms with Gasteiger partial charge in [0.2, 0.25) is 5.91 Å². The zero-order valence-electron chi connectivity index (χ0n) is 14.5. The lowest BCUT2D eigenvalue weighted by Gasteiger charge is -2.32. The summed E-state index contributed by atoms with van der Waals surface area (Å²) in [6.07, 6.45) is 1.92. The van der Waals surface area contributed by atoms with Crippen LogP contribution in [0, 0.1) is 5.82 Å². The molecule has 1 amide bonds. The van der Waals surface area contributed by atoms with Crippen LogP contribution < -0.4 is 5.32 Å². The summed E-state index contributed by atoms with van der Waals surface area (Å²) in [5.74, 6) is 0.135. The molecule has 0 saturated carbocycles. The SMILES string of the molecule is O=C(CSc1ccc(F)cc1)NC1CCN(Cc2ccc(Cl)cc2)CC1. The van der Waals surface area contributed by atoms with Gasteiger partial charge in [0, 0.05) is 35.6 Å². The highest BCUT2D eigenvalue weighted by Gasteiger charge is 2.20. The Morgan fingerprint density at radius 1 is 1.12 bits per heavy atom. The lowest BCUT2D eigenvalue weighted by molar-refractivity contribution is -0.119. The molecule has 0 spiro atoms. The molecule has 2 aromatic carbocycles. The van der Waals surface area contributed by atoms with E-state index in [1.165, 1.54) is 29.5 Å². The number of nitrogens with one attached hydrogen (secondary N) is 1. The predicted octanol–water partition coefficient (Wildman–Crippen LogP) is 4.35. The highest BCUT2D eigenvalue weighted by Crippen LogP contribution is 2.19. The van der Waals surface area contributed by atoms with Gasteiger partial charge in [0.1, 0.15) is 5.82 Å². The molecule has 1 N–H and O–H groups in total. The first kappa shape index (κ1) is 19.2. The fourth-order valence-electron chi connectivity index (χ4n) is 3.03. The summed E-state index contributed by atoms with van der Waals surface area (Å²) < 4.78 is 12.9. The first-order valence-electron chi connectivity index (χ1n) is 8.73. The van der Waals surface area contributed by atoms with Gasteiger partial charge in [-0.15, -0.1) is 11.8 Å². The molecule has 0 aromatic heterocycles. The van der Waals surface area contributed by atoms with Gasteiger partial charge in [-0.3, -0.25) is 9.69 Å². The number of carbonyl (C=O) groups excluding carboxylic acids is 1. The summed E-state index contributed by atoms with van der Waals surface area (Å²) in [6, 6.07) is 14.4. The van der Waals surface area contributed by atoms with Gasteiger partial charge in [0.15, 0.2) is 0 Å². The van der Waals surface area contributed by atoms with Crippen LogP contribution in [0.25, 0.3) is 0 Å². The Hall–Kier alpha value is -1.56. The molecule has 1 heterocycles. The quantitative estimate of drug-likeness (QED) is 0.741. The molecular formula is C20H22ClFN2OS. The molecule has 2 aromatic rings. The molecule has 1 aliphatic heterocycles. The molecule has 1 fully saturated rings.